The molecule has 0 fully saturated rings. The Kier molecular flexibility index (Phi) is 4.91. The smallest absolute Gasteiger partial charge is 0.131 e. The average Bonchev–Trinajstić information content (AvgIpc) is 1.78. The van der Waals surface area contributed by atoms with Gasteiger partial charge < -0.3 is 18.7 Å². The first-order valence-electron chi connectivity index (χ1n) is 2.98. The highest BCUT2D eigenvalue weighted by molar-refractivity contribution is 7.50. The van der Waals surface area contributed by atoms with Gasteiger partial charge in [0.2, 0.25) is 0 Å². The Morgan fingerprint density at radius 3 is 2.50 bits per heavy atom. The first kappa shape index (κ1) is 10.1. The fraction of sp³-hybridized carbons (Fsp3) is 1.00. The van der Waals surface area contributed by atoms with Crippen molar-refractivity contribution in [1.29, 1.82) is 0 Å². The molecule has 0 aliphatic heterocycles. The zero-order chi connectivity index (χ0) is 8.04. The van der Waals surface area contributed by atoms with Gasteiger partial charge in [-0.1, -0.05) is 0 Å². The van der Waals surface area contributed by atoms with Gasteiger partial charge in [-0.05, 0) is 6.42 Å². The van der Waals surface area contributed by atoms with Gasteiger partial charge in [-0.15, -0.1) is 0 Å². The molecule has 0 rings (SSSR count). The van der Waals surface area contributed by atoms with Crippen LogP contribution in [0.5, 0.6) is 0 Å². The minimum atomic E-state index is -3.51. The van der Waals surface area contributed by atoms with Crippen molar-refractivity contribution in [3.05, 3.63) is 0 Å². The molecule has 0 aromatic rings. The lowest BCUT2D eigenvalue weighted by atomic mass is 10.5. The molecule has 0 aromatic heterocycles. The molecule has 1 unspecified atom stereocenters. The fourth-order valence-electron chi connectivity index (χ4n) is 0.434. The molecular weight excluding hydrogens is 155 g/mol. The van der Waals surface area contributed by atoms with Crippen LogP contribution in [0.1, 0.15) is 6.42 Å². The molecule has 10 heavy (non-hydrogen) atoms. The highest BCUT2D eigenvalue weighted by Gasteiger charge is 1.96. The standard InChI is InChI=1S/C5H13O4P/c1-8-4-3-5-9-10(2,6)7/h3-5H2,1-2H3,(H,6,7)/p-1. The number of hydrogen-bond acceptors (Lipinski definition) is 4. The Labute approximate surface area is 60.7 Å². The number of hydrogen-bond donors (Lipinski definition) is 0. The van der Waals surface area contributed by atoms with E-state index in [4.69, 9.17) is 0 Å². The topological polar surface area (TPSA) is 58.6 Å². The lowest BCUT2D eigenvalue weighted by molar-refractivity contribution is -0.196. The van der Waals surface area contributed by atoms with Gasteiger partial charge >= 0.3 is 0 Å². The van der Waals surface area contributed by atoms with Crippen molar-refractivity contribution in [2.45, 2.75) is 6.42 Å². The quantitative estimate of drug-likeness (QED) is 0.434. The largest absolute Gasteiger partial charge is 0.779 e. The van der Waals surface area contributed by atoms with E-state index in [9.17, 15) is 9.46 Å². The first-order valence-corrected chi connectivity index (χ1v) is 4.97. The van der Waals surface area contributed by atoms with E-state index in [-0.39, 0.29) is 6.61 Å². The third-order valence-electron chi connectivity index (χ3n) is 0.819. The molecule has 0 bridgehead atoms. The van der Waals surface area contributed by atoms with Crippen LogP contribution in [0.15, 0.2) is 0 Å². The Hall–Kier alpha value is 0.110. The van der Waals surface area contributed by atoms with Crippen molar-refractivity contribution in [1.82, 2.24) is 0 Å². The van der Waals surface area contributed by atoms with Gasteiger partial charge in [0.05, 0.1) is 6.61 Å². The molecule has 0 N–H and O–H groups in total. The minimum Gasteiger partial charge on any atom is -0.779 e. The third kappa shape index (κ3) is 8.11. The van der Waals surface area contributed by atoms with Crippen molar-refractivity contribution in [3.63, 3.8) is 0 Å². The summed E-state index contributed by atoms with van der Waals surface area (Å²) in [6.45, 7) is 1.80. The van der Waals surface area contributed by atoms with E-state index in [0.29, 0.717) is 13.0 Å². The van der Waals surface area contributed by atoms with E-state index >= 15 is 0 Å². The second-order valence-corrected chi connectivity index (χ2v) is 3.75. The predicted molar refractivity (Wildman–Crippen MR) is 36.0 cm³/mol. The highest BCUT2D eigenvalue weighted by Crippen LogP contribution is 2.30. The monoisotopic (exact) mass is 167 g/mol. The van der Waals surface area contributed by atoms with E-state index in [1.807, 2.05) is 0 Å². The first-order chi connectivity index (χ1) is 4.56. The van der Waals surface area contributed by atoms with Crippen LogP contribution in [-0.4, -0.2) is 27.0 Å². The molecule has 0 aliphatic rings. The van der Waals surface area contributed by atoms with Crippen LogP contribution in [-0.2, 0) is 13.8 Å². The SMILES string of the molecule is COCCCOP(C)(=O)[O-]. The second-order valence-electron chi connectivity index (χ2n) is 1.95. The number of ether oxygens (including phenoxy) is 1. The maximum Gasteiger partial charge on any atom is 0.131 e. The van der Waals surface area contributed by atoms with Crippen LogP contribution in [0, 0.1) is 0 Å². The van der Waals surface area contributed by atoms with Gasteiger partial charge in [0, 0.05) is 20.4 Å². The molecule has 1 atom stereocenters. The molecule has 0 spiro atoms. The molecule has 0 aromatic carbocycles. The molecule has 0 heterocycles. The molecule has 0 aliphatic carbocycles. The summed E-state index contributed by atoms with van der Waals surface area (Å²) in [5.41, 5.74) is 0. The van der Waals surface area contributed by atoms with Gasteiger partial charge in [-0.3, -0.25) is 0 Å². The van der Waals surface area contributed by atoms with Gasteiger partial charge in [0.1, 0.15) is 7.60 Å². The molecule has 0 saturated carbocycles. The normalized spacial score (nSPS) is 16.7. The Balaban J connectivity index is 3.13. The van der Waals surface area contributed by atoms with E-state index < -0.39 is 7.60 Å². The minimum absolute atomic E-state index is 0.213. The van der Waals surface area contributed by atoms with Gasteiger partial charge in [-0.2, -0.15) is 0 Å². The van der Waals surface area contributed by atoms with E-state index in [1.165, 1.54) is 0 Å². The van der Waals surface area contributed by atoms with Crippen LogP contribution < -0.4 is 4.89 Å². The van der Waals surface area contributed by atoms with Gasteiger partial charge in [-0.25, -0.2) is 0 Å². The van der Waals surface area contributed by atoms with Gasteiger partial charge in [0.25, 0.3) is 0 Å². The molecular formula is C5H12O4P-. The zero-order valence-electron chi connectivity index (χ0n) is 6.20. The van der Waals surface area contributed by atoms with Crippen molar-refractivity contribution in [2.24, 2.45) is 0 Å². The van der Waals surface area contributed by atoms with E-state index in [1.54, 1.807) is 7.11 Å². The van der Waals surface area contributed by atoms with Crippen molar-refractivity contribution < 1.29 is 18.7 Å². The molecule has 0 radical (unpaired) electrons. The number of rotatable bonds is 5. The summed E-state index contributed by atoms with van der Waals surface area (Å²) >= 11 is 0. The molecule has 62 valence electrons. The maximum atomic E-state index is 10.4. The zero-order valence-corrected chi connectivity index (χ0v) is 7.10. The summed E-state index contributed by atoms with van der Waals surface area (Å²) in [5.74, 6) is 0. The maximum absolute atomic E-state index is 10.4. The molecule has 4 nitrogen and oxygen atoms in total. The summed E-state index contributed by atoms with van der Waals surface area (Å²) in [4.78, 5) is 10.4. The van der Waals surface area contributed by atoms with E-state index in [0.717, 1.165) is 6.66 Å². The second kappa shape index (κ2) is 4.85. The van der Waals surface area contributed by atoms with Crippen molar-refractivity contribution >= 4 is 7.60 Å². The predicted octanol–water partition coefficient (Wildman–Crippen LogP) is 0.223. The Morgan fingerprint density at radius 1 is 1.50 bits per heavy atom. The third-order valence-corrected chi connectivity index (χ3v) is 1.47. The lowest BCUT2D eigenvalue weighted by Gasteiger charge is -2.17. The molecule has 0 saturated heterocycles. The Bertz CT molecular complexity index is 119. The van der Waals surface area contributed by atoms with Crippen molar-refractivity contribution in [2.75, 3.05) is 27.0 Å². The lowest BCUT2D eigenvalue weighted by Crippen LogP contribution is -2.05. The summed E-state index contributed by atoms with van der Waals surface area (Å²) in [6.07, 6.45) is 0.608. The van der Waals surface area contributed by atoms with Gasteiger partial charge in [0.15, 0.2) is 0 Å². The van der Waals surface area contributed by atoms with Crippen LogP contribution in [0.3, 0.4) is 0 Å². The van der Waals surface area contributed by atoms with Crippen LogP contribution in [0.25, 0.3) is 0 Å². The number of methoxy groups -OCH3 is 1. The molecule has 0 amide bonds. The summed E-state index contributed by atoms with van der Waals surface area (Å²) in [7, 11) is -1.95. The van der Waals surface area contributed by atoms with E-state index in [2.05, 4.69) is 9.26 Å². The van der Waals surface area contributed by atoms with Crippen LogP contribution in [0.2, 0.25) is 0 Å². The summed E-state index contributed by atoms with van der Waals surface area (Å²) in [5, 5.41) is 0. The van der Waals surface area contributed by atoms with Crippen molar-refractivity contribution in [3.8, 4) is 0 Å². The van der Waals surface area contributed by atoms with Crippen LogP contribution >= 0.6 is 7.60 Å². The summed E-state index contributed by atoms with van der Waals surface area (Å²) in [6, 6.07) is 0. The molecule has 5 heteroatoms. The summed E-state index contributed by atoms with van der Waals surface area (Å²) < 4.78 is 19.5. The Morgan fingerprint density at radius 2 is 2.10 bits per heavy atom. The fourth-order valence-corrected chi connectivity index (χ4v) is 0.894. The average molecular weight is 167 g/mol. The highest BCUT2D eigenvalue weighted by atomic mass is 31.2. The van der Waals surface area contributed by atoms with Crippen LogP contribution in [0.4, 0.5) is 0 Å².